The van der Waals surface area contributed by atoms with E-state index in [0.717, 1.165) is 12.8 Å². The van der Waals surface area contributed by atoms with Crippen LogP contribution in [0.4, 0.5) is 0 Å². The van der Waals surface area contributed by atoms with Crippen LogP contribution >= 0.6 is 0 Å². The third kappa shape index (κ3) is 7.84. The second-order valence-corrected chi connectivity index (χ2v) is 11.2. The first-order valence-electron chi connectivity index (χ1n) is 16.0. The lowest BCUT2D eigenvalue weighted by molar-refractivity contribution is 0.758. The monoisotopic (exact) mass is 509 g/mol. The number of hydrogen-bond acceptors (Lipinski definition) is 0. The summed E-state index contributed by atoms with van der Waals surface area (Å²) in [4.78, 5) is 0. The average Bonchev–Trinajstić information content (AvgIpc) is 2.95. The van der Waals surface area contributed by atoms with Gasteiger partial charge in [0.05, 0.1) is 0 Å². The molecule has 0 aromatic heterocycles. The molecule has 0 fully saturated rings. The molecule has 0 atom stereocenters. The molecule has 0 saturated carbocycles. The van der Waals surface area contributed by atoms with E-state index in [0.29, 0.717) is 0 Å². The molecule has 0 heteroatoms. The zero-order valence-corrected chi connectivity index (χ0v) is 25.2. The topological polar surface area (TPSA) is 0 Å². The first kappa shape index (κ1) is 30.2. The van der Waals surface area contributed by atoms with Crippen LogP contribution in [-0.4, -0.2) is 0 Å². The van der Waals surface area contributed by atoms with Crippen molar-refractivity contribution in [2.75, 3.05) is 0 Å². The summed E-state index contributed by atoms with van der Waals surface area (Å²) in [6, 6.07) is 22.6. The molecule has 0 N–H and O–H groups in total. The van der Waals surface area contributed by atoms with Crippen molar-refractivity contribution in [2.45, 2.75) is 131 Å². The second-order valence-electron chi connectivity index (χ2n) is 11.2. The normalized spacial score (nSPS) is 11.3. The Morgan fingerprint density at radius 1 is 0.474 bits per heavy atom. The van der Waals surface area contributed by atoms with Gasteiger partial charge in [-0.25, -0.2) is 0 Å². The first-order valence-corrected chi connectivity index (χ1v) is 16.0. The van der Waals surface area contributed by atoms with Gasteiger partial charge >= 0.3 is 0 Å². The molecule has 3 aromatic rings. The summed E-state index contributed by atoms with van der Waals surface area (Å²) in [5.41, 5.74) is 13.5. The van der Waals surface area contributed by atoms with Gasteiger partial charge in [-0.05, 0) is 120 Å². The maximum absolute atomic E-state index is 3.81. The van der Waals surface area contributed by atoms with Crippen LogP contribution in [0.15, 0.2) is 48.5 Å². The highest BCUT2D eigenvalue weighted by Gasteiger charge is 2.20. The summed E-state index contributed by atoms with van der Waals surface area (Å²) in [7, 11) is 0. The van der Waals surface area contributed by atoms with Crippen LogP contribution < -0.4 is 0 Å². The number of hydrogen-bond donors (Lipinski definition) is 0. The van der Waals surface area contributed by atoms with Crippen molar-refractivity contribution in [3.8, 4) is 22.3 Å². The fourth-order valence-electron chi connectivity index (χ4n) is 5.88. The van der Waals surface area contributed by atoms with Gasteiger partial charge in [-0.3, -0.25) is 0 Å². The van der Waals surface area contributed by atoms with E-state index in [1.54, 1.807) is 22.3 Å². The molecule has 3 rings (SSSR count). The Bertz CT molecular complexity index is 1100. The maximum Gasteiger partial charge on any atom is -0.00209 e. The molecule has 0 aliphatic rings. The van der Waals surface area contributed by atoms with E-state index in [1.165, 1.54) is 111 Å². The molecular formula is C38H53. The summed E-state index contributed by atoms with van der Waals surface area (Å²) in [6.07, 6.45) is 18.3. The van der Waals surface area contributed by atoms with Crippen LogP contribution in [0.5, 0.6) is 0 Å². The summed E-state index contributed by atoms with van der Waals surface area (Å²) < 4.78 is 0. The molecule has 3 aromatic carbocycles. The van der Waals surface area contributed by atoms with Crippen molar-refractivity contribution < 1.29 is 0 Å². The fourth-order valence-corrected chi connectivity index (χ4v) is 5.88. The van der Waals surface area contributed by atoms with Crippen molar-refractivity contribution in [3.63, 3.8) is 0 Å². The highest BCUT2D eigenvalue weighted by molar-refractivity contribution is 5.88. The minimum atomic E-state index is 1.14. The van der Waals surface area contributed by atoms with Gasteiger partial charge in [-0.15, -0.1) is 0 Å². The zero-order chi connectivity index (χ0) is 27.2. The molecule has 0 spiro atoms. The Balaban J connectivity index is 2.30. The van der Waals surface area contributed by atoms with Crippen molar-refractivity contribution in [2.24, 2.45) is 0 Å². The molecular weight excluding hydrogens is 456 g/mol. The van der Waals surface area contributed by atoms with Crippen LogP contribution in [0.3, 0.4) is 0 Å². The third-order valence-corrected chi connectivity index (χ3v) is 8.13. The largest absolute Gasteiger partial charge is 0.0654 e. The van der Waals surface area contributed by atoms with Crippen LogP contribution in [-0.2, 0) is 32.1 Å². The van der Waals surface area contributed by atoms with Crippen LogP contribution in [0.1, 0.15) is 127 Å². The fraction of sp³-hybridized carbons (Fsp3) is 0.526. The van der Waals surface area contributed by atoms with E-state index in [2.05, 4.69) is 89.2 Å². The predicted molar refractivity (Wildman–Crippen MR) is 169 cm³/mol. The molecule has 0 aliphatic carbocycles. The Morgan fingerprint density at radius 2 is 0.921 bits per heavy atom. The van der Waals surface area contributed by atoms with Gasteiger partial charge in [0.1, 0.15) is 0 Å². The highest BCUT2D eigenvalue weighted by atomic mass is 14.2. The lowest BCUT2D eigenvalue weighted by Gasteiger charge is -2.23. The average molecular weight is 510 g/mol. The Morgan fingerprint density at radius 3 is 1.45 bits per heavy atom. The van der Waals surface area contributed by atoms with Crippen LogP contribution in [0, 0.1) is 6.07 Å². The second kappa shape index (κ2) is 16.6. The van der Waals surface area contributed by atoms with Gasteiger partial charge in [0.2, 0.25) is 0 Å². The van der Waals surface area contributed by atoms with E-state index in [1.807, 2.05) is 0 Å². The summed E-state index contributed by atoms with van der Waals surface area (Å²) >= 11 is 0. The molecule has 0 unspecified atom stereocenters. The van der Waals surface area contributed by atoms with Crippen molar-refractivity contribution in [1.82, 2.24) is 0 Å². The Labute approximate surface area is 235 Å². The molecule has 0 nitrogen and oxygen atoms in total. The standard InChI is InChI=1S/C38H53/c1-6-11-19-30-22-16-27-35(33(30)25-14-9-4)37-29-18-24-32(21-13-8-3)38(37)36-28-17-23-31(20-12-7-2)34(36)26-15-10-5/h16-18,22-24,27-28H,6-15,19-21,25-26H2,1-5H3. The van der Waals surface area contributed by atoms with Gasteiger partial charge in [0, 0.05) is 0 Å². The lowest BCUT2D eigenvalue weighted by atomic mass is 9.81. The van der Waals surface area contributed by atoms with E-state index >= 15 is 0 Å². The molecule has 38 heavy (non-hydrogen) atoms. The van der Waals surface area contributed by atoms with Gasteiger partial charge < -0.3 is 0 Å². The summed E-state index contributed by atoms with van der Waals surface area (Å²) in [6.45, 7) is 11.6. The molecule has 205 valence electrons. The van der Waals surface area contributed by atoms with Crippen LogP contribution in [0.2, 0.25) is 0 Å². The van der Waals surface area contributed by atoms with Gasteiger partial charge in [-0.1, -0.05) is 115 Å². The summed E-state index contributed by atoms with van der Waals surface area (Å²) in [5.74, 6) is 0. The minimum absolute atomic E-state index is 1.14. The number of aryl methyl sites for hydroxylation is 3. The van der Waals surface area contributed by atoms with E-state index in [4.69, 9.17) is 0 Å². The highest BCUT2D eigenvalue weighted by Crippen LogP contribution is 2.41. The molecule has 0 amide bonds. The molecule has 0 heterocycles. The molecule has 0 bridgehead atoms. The zero-order valence-electron chi connectivity index (χ0n) is 25.2. The van der Waals surface area contributed by atoms with Crippen molar-refractivity contribution in [3.05, 3.63) is 82.4 Å². The minimum Gasteiger partial charge on any atom is -0.0654 e. The third-order valence-electron chi connectivity index (χ3n) is 8.13. The van der Waals surface area contributed by atoms with Crippen LogP contribution in [0.25, 0.3) is 22.3 Å². The quantitative estimate of drug-likeness (QED) is 0.170. The van der Waals surface area contributed by atoms with E-state index < -0.39 is 0 Å². The Kier molecular flexibility index (Phi) is 13.2. The number of benzene rings is 3. The van der Waals surface area contributed by atoms with Gasteiger partial charge in [-0.2, -0.15) is 0 Å². The number of unbranched alkanes of at least 4 members (excludes halogenated alkanes) is 5. The van der Waals surface area contributed by atoms with E-state index in [9.17, 15) is 0 Å². The Hall–Kier alpha value is -2.34. The predicted octanol–water partition coefficient (Wildman–Crippen LogP) is 11.5. The SMILES string of the molecule is CCCCc1cccc(-c2[c]ccc(CCCC)c2-c2cccc(CCCC)c2CCCC)c1CCCC. The number of rotatable bonds is 17. The van der Waals surface area contributed by atoms with Gasteiger partial charge in [0.15, 0.2) is 0 Å². The molecule has 1 radical (unpaired) electrons. The summed E-state index contributed by atoms with van der Waals surface area (Å²) in [5, 5.41) is 0. The van der Waals surface area contributed by atoms with E-state index in [-0.39, 0.29) is 0 Å². The smallest absolute Gasteiger partial charge is 0.00209 e. The molecule has 0 saturated heterocycles. The van der Waals surface area contributed by atoms with Crippen molar-refractivity contribution in [1.29, 1.82) is 0 Å². The lowest BCUT2D eigenvalue weighted by Crippen LogP contribution is -2.04. The first-order chi connectivity index (χ1) is 18.7. The van der Waals surface area contributed by atoms with Gasteiger partial charge in [0.25, 0.3) is 0 Å². The van der Waals surface area contributed by atoms with Crippen molar-refractivity contribution >= 4 is 0 Å². The molecule has 0 aliphatic heterocycles. The maximum atomic E-state index is 3.81.